The van der Waals surface area contributed by atoms with Gasteiger partial charge in [0.2, 0.25) is 5.91 Å². The number of carboxylic acid groups (broad SMARTS) is 1. The highest BCUT2D eigenvalue weighted by Crippen LogP contribution is 1.90. The van der Waals surface area contributed by atoms with Crippen molar-refractivity contribution in [2.45, 2.75) is 25.8 Å². The van der Waals surface area contributed by atoms with Crippen LogP contribution in [0.25, 0.3) is 0 Å². The molecule has 0 radical (unpaired) electrons. The van der Waals surface area contributed by atoms with E-state index in [1.165, 1.54) is 7.05 Å². The van der Waals surface area contributed by atoms with Crippen LogP contribution in [-0.4, -0.2) is 42.6 Å². The van der Waals surface area contributed by atoms with Crippen molar-refractivity contribution < 1.29 is 19.5 Å². The summed E-state index contributed by atoms with van der Waals surface area (Å²) in [5.74, 6) is -1.27. The normalized spacial score (nSPS) is 11.4. The molecule has 0 bridgehead atoms. The zero-order valence-corrected chi connectivity index (χ0v) is 9.37. The molecule has 0 heterocycles. The van der Waals surface area contributed by atoms with Gasteiger partial charge in [-0.25, -0.2) is 9.59 Å². The van der Waals surface area contributed by atoms with Gasteiger partial charge < -0.3 is 21.1 Å². The third kappa shape index (κ3) is 5.84. The van der Waals surface area contributed by atoms with E-state index in [9.17, 15) is 14.4 Å². The number of amides is 3. The second-order valence-corrected chi connectivity index (χ2v) is 3.12. The molecule has 0 aromatic rings. The predicted molar refractivity (Wildman–Crippen MR) is 56.9 cm³/mol. The van der Waals surface area contributed by atoms with E-state index < -0.39 is 18.0 Å². The number of carbonyl (C=O) groups is 3. The summed E-state index contributed by atoms with van der Waals surface area (Å²) in [7, 11) is 1.50. The first-order valence-electron chi connectivity index (χ1n) is 4.99. The Morgan fingerprint density at radius 2 is 1.94 bits per heavy atom. The van der Waals surface area contributed by atoms with E-state index in [1.54, 1.807) is 6.92 Å². The number of nitrogens with one attached hydrogen (secondary N) is 3. The standard InChI is InChI=1S/C9H17N3O4/c1-3-6(8(14)15)12-9(16)11-5-4-7(13)10-2/h6H,3-5H2,1-2H3,(H,10,13)(H,14,15)(H2,11,12,16). The molecular formula is C9H17N3O4. The first-order valence-corrected chi connectivity index (χ1v) is 4.99. The Morgan fingerprint density at radius 1 is 1.31 bits per heavy atom. The predicted octanol–water partition coefficient (Wildman–Crippen LogP) is -0.715. The fourth-order valence-electron chi connectivity index (χ4n) is 0.962. The number of urea groups is 1. The molecule has 0 aromatic carbocycles. The maximum atomic E-state index is 11.2. The van der Waals surface area contributed by atoms with E-state index in [0.29, 0.717) is 6.42 Å². The lowest BCUT2D eigenvalue weighted by molar-refractivity contribution is -0.139. The molecule has 1 atom stereocenters. The second kappa shape index (κ2) is 7.49. The molecule has 0 saturated heterocycles. The minimum atomic E-state index is -1.08. The fraction of sp³-hybridized carbons (Fsp3) is 0.667. The minimum absolute atomic E-state index is 0.160. The molecule has 0 aromatic heterocycles. The van der Waals surface area contributed by atoms with Crippen molar-refractivity contribution in [2.75, 3.05) is 13.6 Å². The van der Waals surface area contributed by atoms with Crippen LogP contribution in [-0.2, 0) is 9.59 Å². The van der Waals surface area contributed by atoms with Gasteiger partial charge in [0.05, 0.1) is 0 Å². The summed E-state index contributed by atoms with van der Waals surface area (Å²) in [4.78, 5) is 32.6. The average Bonchev–Trinajstić information content (AvgIpc) is 2.25. The topological polar surface area (TPSA) is 108 Å². The smallest absolute Gasteiger partial charge is 0.326 e. The third-order valence-electron chi connectivity index (χ3n) is 1.93. The molecule has 0 rings (SSSR count). The molecule has 1 unspecified atom stereocenters. The first kappa shape index (κ1) is 14.2. The Bertz CT molecular complexity index is 267. The molecule has 0 spiro atoms. The van der Waals surface area contributed by atoms with Crippen LogP contribution in [0.1, 0.15) is 19.8 Å². The molecule has 0 aliphatic heterocycles. The van der Waals surface area contributed by atoms with Gasteiger partial charge in [-0.2, -0.15) is 0 Å². The van der Waals surface area contributed by atoms with Crippen LogP contribution in [0.5, 0.6) is 0 Å². The molecule has 0 fully saturated rings. The number of hydrogen-bond donors (Lipinski definition) is 4. The molecular weight excluding hydrogens is 214 g/mol. The van der Waals surface area contributed by atoms with E-state index in [2.05, 4.69) is 16.0 Å². The Balaban J connectivity index is 3.81. The van der Waals surface area contributed by atoms with E-state index in [-0.39, 0.29) is 18.9 Å². The number of rotatable bonds is 6. The van der Waals surface area contributed by atoms with Crippen LogP contribution in [0, 0.1) is 0 Å². The second-order valence-electron chi connectivity index (χ2n) is 3.12. The van der Waals surface area contributed by atoms with Gasteiger partial charge in [-0.05, 0) is 6.42 Å². The maximum absolute atomic E-state index is 11.2. The molecule has 3 amide bonds. The maximum Gasteiger partial charge on any atom is 0.326 e. The van der Waals surface area contributed by atoms with Crippen molar-refractivity contribution >= 4 is 17.9 Å². The molecule has 0 aliphatic carbocycles. The van der Waals surface area contributed by atoms with Crippen LogP contribution >= 0.6 is 0 Å². The van der Waals surface area contributed by atoms with Crippen LogP contribution < -0.4 is 16.0 Å². The van der Waals surface area contributed by atoms with Crippen molar-refractivity contribution in [3.8, 4) is 0 Å². The van der Waals surface area contributed by atoms with Gasteiger partial charge in [0.1, 0.15) is 6.04 Å². The van der Waals surface area contributed by atoms with Gasteiger partial charge in [-0.3, -0.25) is 4.79 Å². The highest BCUT2D eigenvalue weighted by atomic mass is 16.4. The SMILES string of the molecule is CCC(NC(=O)NCCC(=O)NC)C(=O)O. The lowest BCUT2D eigenvalue weighted by Gasteiger charge is -2.12. The van der Waals surface area contributed by atoms with Crippen molar-refractivity contribution in [1.29, 1.82) is 0 Å². The Labute approximate surface area is 93.6 Å². The van der Waals surface area contributed by atoms with E-state index >= 15 is 0 Å². The van der Waals surface area contributed by atoms with Crippen LogP contribution in [0.2, 0.25) is 0 Å². The number of aliphatic carboxylic acids is 1. The molecule has 0 saturated carbocycles. The Kier molecular flexibility index (Phi) is 6.66. The minimum Gasteiger partial charge on any atom is -0.480 e. The summed E-state index contributed by atoms with van der Waals surface area (Å²) in [5, 5.41) is 15.7. The zero-order chi connectivity index (χ0) is 12.6. The highest BCUT2D eigenvalue weighted by Gasteiger charge is 2.16. The molecule has 92 valence electrons. The molecule has 7 nitrogen and oxygen atoms in total. The third-order valence-corrected chi connectivity index (χ3v) is 1.93. The number of carbonyl (C=O) groups excluding carboxylic acids is 2. The molecule has 4 N–H and O–H groups in total. The summed E-state index contributed by atoms with van der Waals surface area (Å²) in [5.41, 5.74) is 0. The lowest BCUT2D eigenvalue weighted by atomic mass is 10.2. The van der Waals surface area contributed by atoms with Crippen LogP contribution in [0.15, 0.2) is 0 Å². The largest absolute Gasteiger partial charge is 0.480 e. The lowest BCUT2D eigenvalue weighted by Crippen LogP contribution is -2.46. The van der Waals surface area contributed by atoms with E-state index in [1.807, 2.05) is 0 Å². The van der Waals surface area contributed by atoms with Crippen molar-refractivity contribution in [1.82, 2.24) is 16.0 Å². The number of carboxylic acids is 1. The van der Waals surface area contributed by atoms with Gasteiger partial charge in [-0.1, -0.05) is 6.92 Å². The number of hydrogen-bond acceptors (Lipinski definition) is 3. The van der Waals surface area contributed by atoms with Gasteiger partial charge in [-0.15, -0.1) is 0 Å². The summed E-state index contributed by atoms with van der Waals surface area (Å²) in [6.07, 6.45) is 0.464. The van der Waals surface area contributed by atoms with Crippen molar-refractivity contribution in [3.05, 3.63) is 0 Å². The summed E-state index contributed by atoms with van der Waals surface area (Å²) < 4.78 is 0. The quantitative estimate of drug-likeness (QED) is 0.484. The summed E-state index contributed by atoms with van der Waals surface area (Å²) in [6.45, 7) is 1.82. The monoisotopic (exact) mass is 231 g/mol. The van der Waals surface area contributed by atoms with Crippen molar-refractivity contribution in [2.24, 2.45) is 0 Å². The van der Waals surface area contributed by atoms with Crippen LogP contribution in [0.3, 0.4) is 0 Å². The van der Waals surface area contributed by atoms with Gasteiger partial charge >= 0.3 is 12.0 Å². The van der Waals surface area contributed by atoms with E-state index in [0.717, 1.165) is 0 Å². The Morgan fingerprint density at radius 3 is 2.38 bits per heavy atom. The van der Waals surface area contributed by atoms with Crippen molar-refractivity contribution in [3.63, 3.8) is 0 Å². The molecule has 16 heavy (non-hydrogen) atoms. The summed E-state index contributed by atoms with van der Waals surface area (Å²) >= 11 is 0. The summed E-state index contributed by atoms with van der Waals surface area (Å²) in [6, 6.07) is -1.49. The zero-order valence-electron chi connectivity index (χ0n) is 9.37. The Hall–Kier alpha value is -1.79. The average molecular weight is 231 g/mol. The fourth-order valence-corrected chi connectivity index (χ4v) is 0.962. The first-order chi connectivity index (χ1) is 7.51. The van der Waals surface area contributed by atoms with E-state index in [4.69, 9.17) is 5.11 Å². The van der Waals surface area contributed by atoms with Crippen LogP contribution in [0.4, 0.5) is 4.79 Å². The molecule has 7 heteroatoms. The van der Waals surface area contributed by atoms with Gasteiger partial charge in [0.25, 0.3) is 0 Å². The van der Waals surface area contributed by atoms with Gasteiger partial charge in [0.15, 0.2) is 0 Å². The highest BCUT2D eigenvalue weighted by molar-refractivity contribution is 5.83. The van der Waals surface area contributed by atoms with Gasteiger partial charge in [0, 0.05) is 20.0 Å². The molecule has 0 aliphatic rings.